The highest BCUT2D eigenvalue weighted by Crippen LogP contribution is 2.60. The highest BCUT2D eigenvalue weighted by molar-refractivity contribution is 9.09. The zero-order valence-corrected chi connectivity index (χ0v) is 22.2. The molecule has 3 saturated heterocycles. The molecule has 4 rings (SSSR count). The van der Waals surface area contributed by atoms with Crippen molar-refractivity contribution < 1.29 is 29.0 Å². The molecule has 3 aliphatic rings. The summed E-state index contributed by atoms with van der Waals surface area (Å²) in [5.41, 5.74) is 0.470. The average Bonchev–Trinajstić information content (AvgIpc) is 3.44. The number of aliphatic hydroxyl groups excluding tert-OH is 1. The minimum Gasteiger partial charge on any atom is -0.466 e. The Hall–Kier alpha value is -2.17. The van der Waals surface area contributed by atoms with E-state index in [1.807, 2.05) is 24.3 Å². The second kappa shape index (κ2) is 10.1. The molecule has 1 spiro atoms. The van der Waals surface area contributed by atoms with Gasteiger partial charge in [0, 0.05) is 29.3 Å². The summed E-state index contributed by atoms with van der Waals surface area (Å²) < 4.78 is 11.6. The molecule has 3 fully saturated rings. The van der Waals surface area contributed by atoms with E-state index in [1.165, 1.54) is 4.90 Å². The Morgan fingerprint density at radius 1 is 1.29 bits per heavy atom. The minimum absolute atomic E-state index is 0.188. The van der Waals surface area contributed by atoms with Crippen LogP contribution in [0.15, 0.2) is 24.3 Å². The van der Waals surface area contributed by atoms with Gasteiger partial charge in [-0.1, -0.05) is 15.9 Å². The molecule has 1 unspecified atom stereocenters. The largest absolute Gasteiger partial charge is 0.466 e. The number of alkyl halides is 1. The molecule has 35 heavy (non-hydrogen) atoms. The summed E-state index contributed by atoms with van der Waals surface area (Å²) in [6.07, 6.45) is -0.157. The number of hydrogen-bond donors (Lipinski definition) is 2. The zero-order chi connectivity index (χ0) is 25.5. The Labute approximate surface area is 214 Å². The molecule has 0 saturated carbocycles. The van der Waals surface area contributed by atoms with E-state index in [-0.39, 0.29) is 23.9 Å². The normalized spacial score (nSPS) is 31.9. The number of carbonyl (C=O) groups excluding carboxylic acids is 3. The van der Waals surface area contributed by atoms with Gasteiger partial charge < -0.3 is 29.7 Å². The van der Waals surface area contributed by atoms with Gasteiger partial charge in [0.15, 0.2) is 0 Å². The van der Waals surface area contributed by atoms with Crippen LogP contribution in [-0.2, 0) is 23.9 Å². The van der Waals surface area contributed by atoms with Crippen molar-refractivity contribution in [1.82, 2.24) is 4.90 Å². The Balaban J connectivity index is 1.66. The van der Waals surface area contributed by atoms with Gasteiger partial charge in [0.2, 0.25) is 11.8 Å². The van der Waals surface area contributed by atoms with Crippen LogP contribution < -0.4 is 10.2 Å². The van der Waals surface area contributed by atoms with Gasteiger partial charge in [-0.25, -0.2) is 0 Å². The summed E-state index contributed by atoms with van der Waals surface area (Å²) in [6.45, 7) is 9.18. The van der Waals surface area contributed by atoms with Crippen molar-refractivity contribution in [3.63, 3.8) is 0 Å². The summed E-state index contributed by atoms with van der Waals surface area (Å²) in [7, 11) is 0. The number of likely N-dealkylation sites (tertiary alicyclic amines) is 1. The summed E-state index contributed by atoms with van der Waals surface area (Å²) >= 11 is 3.61. The van der Waals surface area contributed by atoms with Crippen molar-refractivity contribution in [1.29, 1.82) is 0 Å². The molecule has 0 aromatic heterocycles. The number of esters is 1. The molecule has 1 aromatic carbocycles. The summed E-state index contributed by atoms with van der Waals surface area (Å²) in [6, 6.07) is 5.94. The first-order chi connectivity index (χ1) is 16.7. The van der Waals surface area contributed by atoms with Crippen LogP contribution in [0.1, 0.15) is 34.1 Å². The fraction of sp³-hybridized carbons (Fsp3) is 0.640. The predicted octanol–water partition coefficient (Wildman–Crippen LogP) is 2.16. The van der Waals surface area contributed by atoms with Crippen molar-refractivity contribution in [2.75, 3.05) is 36.5 Å². The van der Waals surface area contributed by atoms with Gasteiger partial charge in [0.05, 0.1) is 37.2 Å². The Morgan fingerprint density at radius 3 is 2.51 bits per heavy atom. The number of hydrogen-bond acceptors (Lipinski definition) is 7. The van der Waals surface area contributed by atoms with E-state index in [9.17, 15) is 19.5 Å². The van der Waals surface area contributed by atoms with Gasteiger partial charge in [0.1, 0.15) is 11.6 Å². The van der Waals surface area contributed by atoms with Crippen LogP contribution in [0, 0.1) is 11.8 Å². The smallest absolute Gasteiger partial charge is 0.312 e. The first kappa shape index (κ1) is 25.9. The van der Waals surface area contributed by atoms with Crippen LogP contribution in [0.2, 0.25) is 0 Å². The van der Waals surface area contributed by atoms with Crippen LogP contribution >= 0.6 is 15.9 Å². The zero-order valence-electron chi connectivity index (χ0n) is 20.6. The molecule has 0 radical (unpaired) electrons. The third kappa shape index (κ3) is 4.13. The molecule has 2 N–H and O–H groups in total. The predicted molar refractivity (Wildman–Crippen MR) is 134 cm³/mol. The van der Waals surface area contributed by atoms with Gasteiger partial charge in [-0.2, -0.15) is 0 Å². The van der Waals surface area contributed by atoms with Gasteiger partial charge >= 0.3 is 5.97 Å². The molecule has 1 aromatic rings. The number of amides is 2. The number of aliphatic hydroxyl groups is 1. The van der Waals surface area contributed by atoms with Crippen LogP contribution in [0.3, 0.4) is 0 Å². The van der Waals surface area contributed by atoms with Crippen LogP contribution in [0.5, 0.6) is 0 Å². The number of rotatable bonds is 9. The first-order valence-corrected chi connectivity index (χ1v) is 13.2. The molecule has 2 bridgehead atoms. The van der Waals surface area contributed by atoms with E-state index >= 15 is 0 Å². The number of fused-ring (bicyclic) bond motifs is 1. The second-order valence-electron chi connectivity index (χ2n) is 9.40. The van der Waals surface area contributed by atoms with Crippen molar-refractivity contribution >= 4 is 45.1 Å². The Kier molecular flexibility index (Phi) is 7.45. The third-order valence-electron chi connectivity index (χ3n) is 7.54. The number of anilines is 2. The molecule has 192 valence electrons. The lowest BCUT2D eigenvalue weighted by atomic mass is 9.70. The molecule has 10 heteroatoms. The molecule has 7 atom stereocenters. The molecular weight excluding hydrogens is 518 g/mol. The van der Waals surface area contributed by atoms with Crippen molar-refractivity contribution in [3.8, 4) is 0 Å². The van der Waals surface area contributed by atoms with Gasteiger partial charge in [-0.3, -0.25) is 14.4 Å². The Morgan fingerprint density at radius 2 is 1.94 bits per heavy atom. The highest BCUT2D eigenvalue weighted by atomic mass is 79.9. The molecular formula is C25H34BrN3O6. The molecule has 0 aliphatic carbocycles. The molecule has 3 heterocycles. The number of nitrogens with one attached hydrogen (secondary N) is 1. The topological polar surface area (TPSA) is 108 Å². The number of halogens is 1. The van der Waals surface area contributed by atoms with Crippen molar-refractivity contribution in [2.24, 2.45) is 11.8 Å². The number of carbonyl (C=O) groups is 3. The lowest BCUT2D eigenvalue weighted by molar-refractivity contribution is -0.155. The quantitative estimate of drug-likeness (QED) is 0.357. The highest BCUT2D eigenvalue weighted by Gasteiger charge is 2.77. The van der Waals surface area contributed by atoms with E-state index in [0.717, 1.165) is 18.8 Å². The maximum Gasteiger partial charge on any atom is 0.312 e. The Bertz CT molecular complexity index is 970. The monoisotopic (exact) mass is 551 g/mol. The number of benzene rings is 1. The summed E-state index contributed by atoms with van der Waals surface area (Å²) in [5.74, 6) is -2.90. The molecule has 9 nitrogen and oxygen atoms in total. The maximum atomic E-state index is 13.7. The van der Waals surface area contributed by atoms with E-state index in [0.29, 0.717) is 12.1 Å². The van der Waals surface area contributed by atoms with Gasteiger partial charge in [-0.05, 0) is 58.4 Å². The first-order valence-electron chi connectivity index (χ1n) is 12.3. The van der Waals surface area contributed by atoms with Gasteiger partial charge in [0.25, 0.3) is 0 Å². The van der Waals surface area contributed by atoms with Crippen LogP contribution in [0.4, 0.5) is 11.4 Å². The standard InChI is InChI=1S/C25H34BrN3O6/c1-5-28(6-2)16-10-8-15(9-11-16)27-22(31)21-25-12-17(26)20(35-25)18(24(33)34-7-3)19(25)23(32)29(21)14(4)13-30/h8-11,14,17-21,30H,5-7,12-13H2,1-4H3,(H,27,31)/t14-,17?,18-,19+,20-,21-,25+/m1/s1. The number of nitrogens with zero attached hydrogens (tertiary/aromatic N) is 2. The lowest BCUT2D eigenvalue weighted by Gasteiger charge is -2.35. The van der Waals surface area contributed by atoms with Crippen LogP contribution in [-0.4, -0.2) is 82.7 Å². The summed E-state index contributed by atoms with van der Waals surface area (Å²) in [4.78, 5) is 43.7. The molecule has 2 amide bonds. The SMILES string of the molecule is CCOC(=O)[C@H]1[C@@H]2O[C@@]3(CC2Br)[C@@H]1C(=O)N([C@H](C)CO)[C@@H]3C(=O)Nc1ccc(N(CC)CC)cc1. The van der Waals surface area contributed by atoms with Gasteiger partial charge in [-0.15, -0.1) is 0 Å². The third-order valence-corrected chi connectivity index (χ3v) is 8.38. The maximum absolute atomic E-state index is 13.7. The van der Waals surface area contributed by atoms with Crippen LogP contribution in [0.25, 0.3) is 0 Å². The number of ether oxygens (including phenoxy) is 2. The fourth-order valence-electron chi connectivity index (χ4n) is 5.99. The average molecular weight is 552 g/mol. The summed E-state index contributed by atoms with van der Waals surface area (Å²) in [5, 5.41) is 12.8. The molecule has 3 aliphatic heterocycles. The minimum atomic E-state index is -1.18. The van der Waals surface area contributed by atoms with Crippen molar-refractivity contribution in [3.05, 3.63) is 24.3 Å². The van der Waals surface area contributed by atoms with E-state index in [4.69, 9.17) is 9.47 Å². The fourth-order valence-corrected chi connectivity index (χ4v) is 6.93. The van der Waals surface area contributed by atoms with E-state index in [1.54, 1.807) is 13.8 Å². The van der Waals surface area contributed by atoms with E-state index < -0.39 is 47.5 Å². The van der Waals surface area contributed by atoms with Crippen molar-refractivity contribution in [2.45, 2.75) is 62.7 Å². The lowest BCUT2D eigenvalue weighted by Crippen LogP contribution is -2.56. The second-order valence-corrected chi connectivity index (χ2v) is 10.6. The van der Waals surface area contributed by atoms with E-state index in [2.05, 4.69) is 40.0 Å².